The molecule has 0 bridgehead atoms. The average Bonchev–Trinajstić information content (AvgIpc) is 3.13. The van der Waals surface area contributed by atoms with Crippen LogP contribution in [0.3, 0.4) is 0 Å². The number of halogens is 3. The molecule has 0 fully saturated rings. The van der Waals surface area contributed by atoms with Gasteiger partial charge in [0.05, 0.1) is 27.9 Å². The van der Waals surface area contributed by atoms with Crippen LogP contribution < -0.4 is 5.32 Å². The molecule has 3 atom stereocenters. The molecule has 0 radical (unpaired) electrons. The topological polar surface area (TPSA) is 151 Å². The maximum Gasteiger partial charge on any atom is 0.423 e. The van der Waals surface area contributed by atoms with E-state index in [1.54, 1.807) is 41.5 Å². The van der Waals surface area contributed by atoms with E-state index in [-0.39, 0.29) is 31.2 Å². The number of nitro groups is 1. The van der Waals surface area contributed by atoms with Crippen molar-refractivity contribution < 1.29 is 49.8 Å². The van der Waals surface area contributed by atoms with Crippen LogP contribution in [0.4, 0.5) is 18.9 Å². The van der Waals surface area contributed by atoms with Gasteiger partial charge in [-0.15, -0.1) is 0 Å². The Balaban J connectivity index is 1.71. The lowest BCUT2D eigenvalue weighted by molar-refractivity contribution is -0.388. The second-order valence-electron chi connectivity index (χ2n) is 15.7. The van der Waals surface area contributed by atoms with Crippen molar-refractivity contribution >= 4 is 27.7 Å². The summed E-state index contributed by atoms with van der Waals surface area (Å²) < 4.78 is 83.6. The highest BCUT2D eigenvalue weighted by Crippen LogP contribution is 2.42. The molecule has 0 aliphatic heterocycles. The number of nitro benzene ring substituents is 1. The van der Waals surface area contributed by atoms with Crippen molar-refractivity contribution in [2.75, 3.05) is 6.61 Å². The number of rotatable bonds is 16. The molecule has 0 amide bonds. The molecule has 1 aliphatic rings. The molecule has 0 saturated carbocycles. The van der Waals surface area contributed by atoms with Crippen molar-refractivity contribution in [1.82, 2.24) is 5.32 Å². The summed E-state index contributed by atoms with van der Waals surface area (Å²) in [5.74, 6) is -2.55. The van der Waals surface area contributed by atoms with Gasteiger partial charge in [-0.05, 0) is 90.5 Å². The molecule has 3 aromatic carbocycles. The van der Waals surface area contributed by atoms with E-state index in [0.29, 0.717) is 18.6 Å². The SMILES string of the molecule is CC(C)(C)OC(=O)[C@@H](CCCOS(=O)(=O)c1ccc([N+](=O)[O-])c(C(F)(F)F)c1)C[C@H](NC(c1ccccc1)(c1ccccc1)C1C=CC=CC1)C(=O)OC(C)(C)C. The number of alkyl halides is 3. The molecular formula is C42H49F3N2O9S. The van der Waals surface area contributed by atoms with Crippen LogP contribution in [0.15, 0.2) is 108 Å². The van der Waals surface area contributed by atoms with Gasteiger partial charge >= 0.3 is 18.1 Å². The van der Waals surface area contributed by atoms with Crippen LogP contribution in [-0.2, 0) is 45.1 Å². The van der Waals surface area contributed by atoms with Crippen molar-refractivity contribution in [2.45, 2.75) is 101 Å². The summed E-state index contributed by atoms with van der Waals surface area (Å²) in [5, 5.41) is 14.9. The summed E-state index contributed by atoms with van der Waals surface area (Å²) >= 11 is 0. The quantitative estimate of drug-likeness (QED) is 0.0489. The predicted molar refractivity (Wildman–Crippen MR) is 207 cm³/mol. The third kappa shape index (κ3) is 12.1. The number of allylic oxidation sites excluding steroid dienone is 3. The molecule has 15 heteroatoms. The van der Waals surface area contributed by atoms with Gasteiger partial charge in [-0.25, -0.2) is 0 Å². The number of benzene rings is 3. The van der Waals surface area contributed by atoms with Gasteiger partial charge in [0.25, 0.3) is 15.8 Å². The van der Waals surface area contributed by atoms with Crippen molar-refractivity contribution in [1.29, 1.82) is 0 Å². The third-order valence-electron chi connectivity index (χ3n) is 9.04. The van der Waals surface area contributed by atoms with Gasteiger partial charge in [0.1, 0.15) is 22.8 Å². The first kappa shape index (κ1) is 44.8. The van der Waals surface area contributed by atoms with E-state index in [4.69, 9.17) is 13.7 Å². The van der Waals surface area contributed by atoms with Crippen molar-refractivity contribution in [3.63, 3.8) is 0 Å². The van der Waals surface area contributed by atoms with Crippen molar-refractivity contribution in [2.24, 2.45) is 11.8 Å². The molecule has 308 valence electrons. The number of carbonyl (C=O) groups excluding carboxylic acids is 2. The van der Waals surface area contributed by atoms with Crippen molar-refractivity contribution in [3.8, 4) is 0 Å². The number of hydrogen-bond donors (Lipinski definition) is 1. The lowest BCUT2D eigenvalue weighted by Gasteiger charge is -2.45. The first-order valence-electron chi connectivity index (χ1n) is 18.5. The van der Waals surface area contributed by atoms with E-state index in [1.165, 1.54) is 0 Å². The normalized spacial score (nSPS) is 16.1. The average molecular weight is 815 g/mol. The molecule has 1 unspecified atom stereocenters. The van der Waals surface area contributed by atoms with Crippen LogP contribution in [0.25, 0.3) is 0 Å². The maximum atomic E-state index is 14.3. The first-order valence-corrected chi connectivity index (χ1v) is 19.9. The Morgan fingerprint density at radius 2 is 1.42 bits per heavy atom. The molecule has 1 N–H and O–H groups in total. The summed E-state index contributed by atoms with van der Waals surface area (Å²) in [6, 6.07) is 19.4. The highest BCUT2D eigenvalue weighted by molar-refractivity contribution is 7.86. The van der Waals surface area contributed by atoms with Gasteiger partial charge in [-0.2, -0.15) is 21.6 Å². The lowest BCUT2D eigenvalue weighted by atomic mass is 9.70. The van der Waals surface area contributed by atoms with E-state index in [9.17, 15) is 41.3 Å². The number of esters is 2. The van der Waals surface area contributed by atoms with Gasteiger partial charge in [0.2, 0.25) is 0 Å². The van der Waals surface area contributed by atoms with Crippen LogP contribution in [-0.4, -0.2) is 49.1 Å². The molecule has 1 aliphatic carbocycles. The van der Waals surface area contributed by atoms with E-state index in [0.717, 1.165) is 11.1 Å². The Hall–Kier alpha value is -4.86. The molecule has 57 heavy (non-hydrogen) atoms. The van der Waals surface area contributed by atoms with Crippen LogP contribution in [0.5, 0.6) is 0 Å². The predicted octanol–water partition coefficient (Wildman–Crippen LogP) is 8.82. The minimum absolute atomic E-state index is 0.0603. The van der Waals surface area contributed by atoms with E-state index >= 15 is 0 Å². The van der Waals surface area contributed by atoms with Crippen molar-refractivity contribution in [3.05, 3.63) is 130 Å². The van der Waals surface area contributed by atoms with E-state index in [2.05, 4.69) is 11.4 Å². The Bertz CT molecular complexity index is 2000. The summed E-state index contributed by atoms with van der Waals surface area (Å²) in [4.78, 5) is 37.2. The number of hydrogen-bond acceptors (Lipinski definition) is 10. The Morgan fingerprint density at radius 3 is 1.91 bits per heavy atom. The number of nitrogens with zero attached hydrogens (tertiary/aromatic N) is 1. The monoisotopic (exact) mass is 814 g/mol. The summed E-state index contributed by atoms with van der Waals surface area (Å²) in [7, 11) is -4.82. The molecule has 4 rings (SSSR count). The van der Waals surface area contributed by atoms with Gasteiger partial charge < -0.3 is 9.47 Å². The summed E-state index contributed by atoms with van der Waals surface area (Å²) in [6.45, 7) is 9.65. The van der Waals surface area contributed by atoms with Gasteiger partial charge in [0.15, 0.2) is 0 Å². The largest absolute Gasteiger partial charge is 0.460 e. The number of ether oxygens (including phenoxy) is 2. The molecule has 0 aromatic heterocycles. The van der Waals surface area contributed by atoms with Gasteiger partial charge in [-0.1, -0.05) is 85.0 Å². The Morgan fingerprint density at radius 1 is 0.860 bits per heavy atom. The minimum Gasteiger partial charge on any atom is -0.460 e. The van der Waals surface area contributed by atoms with Crippen LogP contribution in [0.2, 0.25) is 0 Å². The van der Waals surface area contributed by atoms with E-state index in [1.807, 2.05) is 78.9 Å². The molecular weight excluding hydrogens is 766 g/mol. The van der Waals surface area contributed by atoms with Gasteiger partial charge in [0, 0.05) is 12.0 Å². The van der Waals surface area contributed by atoms with Crippen LogP contribution in [0, 0.1) is 22.0 Å². The van der Waals surface area contributed by atoms with Crippen LogP contribution >= 0.6 is 0 Å². The second kappa shape index (κ2) is 18.2. The molecule has 0 spiro atoms. The standard InChI is InChI=1S/C42H49F3N2O9S/c1-39(2,3)55-37(48)29(17-16-26-54-57(52,53)33-24-25-36(47(50)51)34(28-33)42(43,44)45)27-35(38(49)56-40(4,5)6)46-41(30-18-10-7-11-19-30,31-20-12-8-13-21-31)32-22-14-9-15-23-32/h7-15,18-22,24-25,28-29,32,35,46H,16-17,23,26-27H2,1-6H3/t29-,32?,35-/m0/s1. The molecule has 11 nitrogen and oxygen atoms in total. The summed E-state index contributed by atoms with van der Waals surface area (Å²) in [5.41, 5.74) is -4.24. The fraction of sp³-hybridized carbons (Fsp3) is 0.429. The Labute approximate surface area is 331 Å². The molecule has 3 aromatic rings. The Kier molecular flexibility index (Phi) is 14.3. The first-order chi connectivity index (χ1) is 26.5. The fourth-order valence-electron chi connectivity index (χ4n) is 6.66. The van der Waals surface area contributed by atoms with E-state index < -0.39 is 84.6 Å². The number of nitrogens with one attached hydrogen (secondary N) is 1. The van der Waals surface area contributed by atoms with Gasteiger partial charge in [-0.3, -0.25) is 29.2 Å². The highest BCUT2D eigenvalue weighted by Gasteiger charge is 2.46. The third-order valence-corrected chi connectivity index (χ3v) is 10.4. The zero-order valence-corrected chi connectivity index (χ0v) is 33.6. The summed E-state index contributed by atoms with van der Waals surface area (Å²) in [6.07, 6.45) is 3.05. The zero-order chi connectivity index (χ0) is 42.2. The molecule has 0 heterocycles. The highest BCUT2D eigenvalue weighted by atomic mass is 32.2. The lowest BCUT2D eigenvalue weighted by Crippen LogP contribution is -2.57. The molecule has 0 saturated heterocycles. The maximum absolute atomic E-state index is 14.3. The smallest absolute Gasteiger partial charge is 0.423 e. The zero-order valence-electron chi connectivity index (χ0n) is 32.7. The van der Waals surface area contributed by atoms with Crippen LogP contribution in [0.1, 0.15) is 83.9 Å². The second-order valence-corrected chi connectivity index (χ2v) is 17.4. The number of carbonyl (C=O) groups is 2. The minimum atomic E-state index is -5.21. The fourth-order valence-corrected chi connectivity index (χ4v) is 7.63.